The summed E-state index contributed by atoms with van der Waals surface area (Å²) in [7, 11) is -2.56. The van der Waals surface area contributed by atoms with E-state index in [2.05, 4.69) is 41.9 Å². The fourth-order valence-electron chi connectivity index (χ4n) is 3.92. The van der Waals surface area contributed by atoms with Crippen molar-refractivity contribution in [3.63, 3.8) is 0 Å². The number of hydrogen-bond donors (Lipinski definition) is 2. The van der Waals surface area contributed by atoms with Crippen LogP contribution in [0.1, 0.15) is 5.76 Å². The van der Waals surface area contributed by atoms with Crippen molar-refractivity contribution in [2.45, 2.75) is 16.3 Å². The summed E-state index contributed by atoms with van der Waals surface area (Å²) in [6.07, 6.45) is 1.48. The molecule has 0 fully saturated rings. The van der Waals surface area contributed by atoms with Crippen LogP contribution in [0.4, 0.5) is 11.4 Å². The molecule has 2 N–H and O–H groups in total. The van der Waals surface area contributed by atoms with Crippen molar-refractivity contribution in [1.29, 1.82) is 0 Å². The Labute approximate surface area is 257 Å². The number of anilines is 2. The number of halogens is 2. The van der Waals surface area contributed by atoms with Crippen LogP contribution in [0.5, 0.6) is 5.75 Å². The van der Waals surface area contributed by atoms with Crippen LogP contribution in [0.3, 0.4) is 0 Å². The first-order valence-electron chi connectivity index (χ1n) is 11.9. The topological polar surface area (TPSA) is 118 Å². The fourth-order valence-corrected chi connectivity index (χ4v) is 6.90. The van der Waals surface area contributed by atoms with E-state index in [1.165, 1.54) is 19.4 Å². The Hall–Kier alpha value is -3.52. The molecule has 0 radical (unpaired) electrons. The minimum atomic E-state index is -3.96. The van der Waals surface area contributed by atoms with Crippen molar-refractivity contribution < 1.29 is 27.2 Å². The van der Waals surface area contributed by atoms with Gasteiger partial charge in [-0.05, 0) is 78.9 Å². The van der Waals surface area contributed by atoms with Crippen LogP contribution in [0.2, 0.25) is 0 Å². The van der Waals surface area contributed by atoms with Crippen molar-refractivity contribution in [2.75, 3.05) is 17.1 Å². The standard InChI is InChI=1S/C28H21Br2N3O6S2/c1-38-23-13-6-18(30)15-24(23)41(36,37)32-20-9-11-22(12-10-20)40-26-25(31-19-7-4-17(29)5-8-19)27(34)33(28(26)35)16-21-3-2-14-39-21/h2-15,31-32H,16H2,1H3. The summed E-state index contributed by atoms with van der Waals surface area (Å²) in [5.41, 5.74) is 1.09. The predicted molar refractivity (Wildman–Crippen MR) is 163 cm³/mol. The SMILES string of the molecule is COc1ccc(Br)cc1S(=O)(=O)Nc1ccc(SC2=C(Nc3ccc(Br)cc3)C(=O)N(Cc3ccco3)C2=O)cc1. The Balaban J connectivity index is 1.39. The second-order valence-electron chi connectivity index (χ2n) is 8.64. The summed E-state index contributed by atoms with van der Waals surface area (Å²) in [5.74, 6) is -0.277. The molecule has 9 nitrogen and oxygen atoms in total. The first kappa shape index (κ1) is 29.0. The Morgan fingerprint density at radius 2 is 1.59 bits per heavy atom. The largest absolute Gasteiger partial charge is 0.495 e. The second kappa shape index (κ2) is 12.1. The Morgan fingerprint density at radius 3 is 2.24 bits per heavy atom. The lowest BCUT2D eigenvalue weighted by molar-refractivity contribution is -0.138. The molecule has 1 aliphatic heterocycles. The molecule has 13 heteroatoms. The zero-order chi connectivity index (χ0) is 29.1. The van der Waals surface area contributed by atoms with E-state index in [0.717, 1.165) is 21.1 Å². The molecular formula is C28H21Br2N3O6S2. The number of carbonyl (C=O) groups excluding carboxylic acids is 2. The number of hydrogen-bond acceptors (Lipinski definition) is 8. The maximum Gasteiger partial charge on any atom is 0.278 e. The number of methoxy groups -OCH3 is 1. The number of nitrogens with one attached hydrogen (secondary N) is 2. The van der Waals surface area contributed by atoms with Crippen LogP contribution in [-0.2, 0) is 26.2 Å². The zero-order valence-corrected chi connectivity index (χ0v) is 26.1. The lowest BCUT2D eigenvalue weighted by Crippen LogP contribution is -2.31. The predicted octanol–water partition coefficient (Wildman–Crippen LogP) is 6.60. The van der Waals surface area contributed by atoms with Gasteiger partial charge in [-0.15, -0.1) is 0 Å². The van der Waals surface area contributed by atoms with E-state index in [4.69, 9.17) is 9.15 Å². The Bertz CT molecular complexity index is 1740. The number of benzene rings is 3. The number of thioether (sulfide) groups is 1. The number of imide groups is 1. The van der Waals surface area contributed by atoms with Gasteiger partial charge < -0.3 is 14.5 Å². The molecule has 0 atom stereocenters. The van der Waals surface area contributed by atoms with E-state index in [0.29, 0.717) is 26.5 Å². The van der Waals surface area contributed by atoms with Gasteiger partial charge in [0.15, 0.2) is 0 Å². The highest BCUT2D eigenvalue weighted by Crippen LogP contribution is 2.37. The van der Waals surface area contributed by atoms with E-state index in [-0.39, 0.29) is 27.8 Å². The smallest absolute Gasteiger partial charge is 0.278 e. The fraction of sp³-hybridized carbons (Fsp3) is 0.0714. The molecule has 0 saturated heterocycles. The average Bonchev–Trinajstić information content (AvgIpc) is 3.54. The summed E-state index contributed by atoms with van der Waals surface area (Å²) in [6, 6.07) is 21.8. The van der Waals surface area contributed by atoms with E-state index < -0.39 is 21.8 Å². The first-order chi connectivity index (χ1) is 19.6. The van der Waals surface area contributed by atoms with Gasteiger partial charge in [0, 0.05) is 25.2 Å². The highest BCUT2D eigenvalue weighted by Gasteiger charge is 2.39. The lowest BCUT2D eigenvalue weighted by atomic mass is 10.3. The van der Waals surface area contributed by atoms with Crippen molar-refractivity contribution >= 4 is 76.8 Å². The number of ether oxygens (including phenoxy) is 1. The van der Waals surface area contributed by atoms with Gasteiger partial charge in [-0.3, -0.25) is 19.2 Å². The van der Waals surface area contributed by atoms with Crippen LogP contribution >= 0.6 is 43.6 Å². The summed E-state index contributed by atoms with van der Waals surface area (Å²) < 4.78 is 40.7. The van der Waals surface area contributed by atoms with Crippen LogP contribution < -0.4 is 14.8 Å². The van der Waals surface area contributed by atoms with Crippen molar-refractivity contribution in [1.82, 2.24) is 4.90 Å². The quantitative estimate of drug-likeness (QED) is 0.176. The Morgan fingerprint density at radius 1 is 0.902 bits per heavy atom. The highest BCUT2D eigenvalue weighted by molar-refractivity contribution is 9.10. The van der Waals surface area contributed by atoms with Gasteiger partial charge in [0.05, 0.1) is 19.9 Å². The zero-order valence-electron chi connectivity index (χ0n) is 21.3. The van der Waals surface area contributed by atoms with E-state index in [9.17, 15) is 18.0 Å². The van der Waals surface area contributed by atoms with Gasteiger partial charge in [0.25, 0.3) is 21.8 Å². The molecule has 2 heterocycles. The number of carbonyl (C=O) groups is 2. The molecule has 1 aliphatic rings. The third-order valence-electron chi connectivity index (χ3n) is 5.87. The molecule has 0 spiro atoms. The number of nitrogens with zero attached hydrogens (tertiary/aromatic N) is 1. The van der Waals surface area contributed by atoms with Gasteiger partial charge in [-0.2, -0.15) is 0 Å². The van der Waals surface area contributed by atoms with Crippen LogP contribution in [0.15, 0.2) is 119 Å². The van der Waals surface area contributed by atoms with Crippen LogP contribution in [-0.4, -0.2) is 32.2 Å². The Kier molecular flexibility index (Phi) is 8.59. The van der Waals surface area contributed by atoms with Crippen molar-refractivity contribution in [2.24, 2.45) is 0 Å². The monoisotopic (exact) mass is 717 g/mol. The molecule has 0 aliphatic carbocycles. The highest BCUT2D eigenvalue weighted by atomic mass is 79.9. The van der Waals surface area contributed by atoms with E-state index in [1.807, 2.05) is 12.1 Å². The van der Waals surface area contributed by atoms with E-state index in [1.54, 1.807) is 60.7 Å². The molecule has 41 heavy (non-hydrogen) atoms. The summed E-state index contributed by atoms with van der Waals surface area (Å²) in [6.45, 7) is -0.0139. The van der Waals surface area contributed by atoms with Gasteiger partial charge >= 0.3 is 0 Å². The number of amides is 2. The lowest BCUT2D eigenvalue weighted by Gasteiger charge is -2.13. The molecular weight excluding hydrogens is 698 g/mol. The average molecular weight is 719 g/mol. The van der Waals surface area contributed by atoms with Gasteiger partial charge in [-0.1, -0.05) is 43.6 Å². The normalized spacial score (nSPS) is 13.6. The molecule has 3 aromatic carbocycles. The molecule has 2 amide bonds. The van der Waals surface area contributed by atoms with Crippen molar-refractivity contribution in [3.8, 4) is 5.75 Å². The number of furan rings is 1. The molecule has 0 bridgehead atoms. The van der Waals surface area contributed by atoms with Gasteiger partial charge in [0.2, 0.25) is 0 Å². The maximum atomic E-state index is 13.4. The first-order valence-corrected chi connectivity index (χ1v) is 15.8. The van der Waals surface area contributed by atoms with Crippen LogP contribution in [0, 0.1) is 0 Å². The third-order valence-corrected chi connectivity index (χ3v) is 9.39. The minimum Gasteiger partial charge on any atom is -0.495 e. The molecule has 210 valence electrons. The molecule has 1 aromatic heterocycles. The molecule has 0 saturated carbocycles. The summed E-state index contributed by atoms with van der Waals surface area (Å²) in [5, 5.41) is 3.09. The molecule has 5 rings (SSSR count). The minimum absolute atomic E-state index is 0.0139. The van der Waals surface area contributed by atoms with Gasteiger partial charge in [-0.25, -0.2) is 8.42 Å². The van der Waals surface area contributed by atoms with E-state index >= 15 is 0 Å². The maximum absolute atomic E-state index is 13.4. The number of rotatable bonds is 10. The van der Waals surface area contributed by atoms with Gasteiger partial charge in [0.1, 0.15) is 27.0 Å². The summed E-state index contributed by atoms with van der Waals surface area (Å²) >= 11 is 7.78. The molecule has 4 aromatic rings. The second-order valence-corrected chi connectivity index (χ2v) is 13.2. The third kappa shape index (κ3) is 6.53. The van der Waals surface area contributed by atoms with Crippen molar-refractivity contribution in [3.05, 3.63) is 110 Å². The van der Waals surface area contributed by atoms with Crippen LogP contribution in [0.25, 0.3) is 0 Å². The molecule has 0 unspecified atom stereocenters. The number of sulfonamides is 1. The summed E-state index contributed by atoms with van der Waals surface area (Å²) in [4.78, 5) is 28.7.